The second-order valence-electron chi connectivity index (χ2n) is 8.54. The standard InChI is InChI=1S/C26H34N2O5S/c1-2-20-34(31,32)28(19-7-18-27-17-6-10-25(27)29)26(30)16-13-22-11-14-24(15-12-22)33-21-23-8-4-3-5-9-23/h3-5,8-9,11-12,14-15H,2,6-7,10,13,16-21H2,1H3. The van der Waals surface area contributed by atoms with E-state index in [0.717, 1.165) is 27.6 Å². The Hall–Kier alpha value is -2.87. The Kier molecular flexibility index (Phi) is 9.51. The molecule has 0 aromatic heterocycles. The number of aryl methyl sites for hydroxylation is 1. The first-order valence-corrected chi connectivity index (χ1v) is 13.6. The van der Waals surface area contributed by atoms with Crippen LogP contribution in [0.2, 0.25) is 0 Å². The zero-order chi connectivity index (χ0) is 24.4. The van der Waals surface area contributed by atoms with Gasteiger partial charge in [-0.2, -0.15) is 0 Å². The van der Waals surface area contributed by atoms with E-state index in [1.807, 2.05) is 54.6 Å². The highest BCUT2D eigenvalue weighted by Gasteiger charge is 2.27. The van der Waals surface area contributed by atoms with Gasteiger partial charge in [0.05, 0.1) is 5.75 Å². The van der Waals surface area contributed by atoms with Crippen LogP contribution >= 0.6 is 0 Å². The van der Waals surface area contributed by atoms with E-state index in [1.165, 1.54) is 0 Å². The summed E-state index contributed by atoms with van der Waals surface area (Å²) < 4.78 is 32.2. The predicted octanol–water partition coefficient (Wildman–Crippen LogP) is 3.78. The van der Waals surface area contributed by atoms with Crippen LogP contribution in [0.1, 0.15) is 50.2 Å². The second-order valence-corrected chi connectivity index (χ2v) is 10.6. The van der Waals surface area contributed by atoms with Gasteiger partial charge in [0, 0.05) is 32.5 Å². The molecule has 0 N–H and O–H groups in total. The first-order chi connectivity index (χ1) is 16.4. The second kappa shape index (κ2) is 12.6. The fourth-order valence-electron chi connectivity index (χ4n) is 4.00. The molecule has 0 aliphatic carbocycles. The van der Waals surface area contributed by atoms with Crippen LogP contribution in [0, 0.1) is 0 Å². The molecule has 34 heavy (non-hydrogen) atoms. The van der Waals surface area contributed by atoms with E-state index in [0.29, 0.717) is 45.4 Å². The Labute approximate surface area is 202 Å². The van der Waals surface area contributed by atoms with E-state index in [9.17, 15) is 18.0 Å². The Bertz CT molecular complexity index is 1040. The van der Waals surface area contributed by atoms with E-state index in [-0.39, 0.29) is 24.6 Å². The third kappa shape index (κ3) is 7.58. The molecule has 1 aliphatic rings. The van der Waals surface area contributed by atoms with Crippen molar-refractivity contribution in [3.05, 3.63) is 65.7 Å². The van der Waals surface area contributed by atoms with Crippen molar-refractivity contribution < 1.29 is 22.7 Å². The van der Waals surface area contributed by atoms with E-state index < -0.39 is 15.9 Å². The van der Waals surface area contributed by atoms with Crippen molar-refractivity contribution >= 4 is 21.8 Å². The quantitative estimate of drug-likeness (QED) is 0.430. The minimum Gasteiger partial charge on any atom is -0.489 e. The van der Waals surface area contributed by atoms with Gasteiger partial charge < -0.3 is 9.64 Å². The van der Waals surface area contributed by atoms with Crippen LogP contribution in [-0.4, -0.2) is 54.8 Å². The molecule has 1 fully saturated rings. The van der Waals surface area contributed by atoms with Crippen molar-refractivity contribution in [1.82, 2.24) is 9.21 Å². The third-order valence-corrected chi connectivity index (χ3v) is 7.82. The van der Waals surface area contributed by atoms with E-state index in [2.05, 4.69) is 0 Å². The number of hydrogen-bond acceptors (Lipinski definition) is 5. The van der Waals surface area contributed by atoms with Crippen molar-refractivity contribution in [3.8, 4) is 5.75 Å². The monoisotopic (exact) mass is 486 g/mol. The lowest BCUT2D eigenvalue weighted by molar-refractivity contribution is -0.127. The van der Waals surface area contributed by atoms with Gasteiger partial charge in [-0.05, 0) is 48.9 Å². The Morgan fingerprint density at radius 3 is 2.44 bits per heavy atom. The normalized spacial score (nSPS) is 13.8. The molecule has 7 nitrogen and oxygen atoms in total. The van der Waals surface area contributed by atoms with Crippen LogP contribution in [-0.2, 0) is 32.6 Å². The molecular weight excluding hydrogens is 452 g/mol. The summed E-state index contributed by atoms with van der Waals surface area (Å²) in [6, 6.07) is 17.4. The number of nitrogens with zero attached hydrogens (tertiary/aromatic N) is 2. The van der Waals surface area contributed by atoms with Gasteiger partial charge in [0.15, 0.2) is 0 Å². The first kappa shape index (κ1) is 25.7. The van der Waals surface area contributed by atoms with Crippen LogP contribution < -0.4 is 4.74 Å². The number of rotatable bonds is 13. The van der Waals surface area contributed by atoms with Gasteiger partial charge in [0.2, 0.25) is 21.8 Å². The molecule has 1 aliphatic heterocycles. The summed E-state index contributed by atoms with van der Waals surface area (Å²) >= 11 is 0. The summed E-state index contributed by atoms with van der Waals surface area (Å²) in [4.78, 5) is 26.4. The number of carbonyl (C=O) groups excluding carboxylic acids is 2. The van der Waals surface area contributed by atoms with Gasteiger partial charge in [-0.15, -0.1) is 0 Å². The van der Waals surface area contributed by atoms with Crippen molar-refractivity contribution in [2.24, 2.45) is 0 Å². The number of hydrogen-bond donors (Lipinski definition) is 0. The highest BCUT2D eigenvalue weighted by atomic mass is 32.2. The largest absolute Gasteiger partial charge is 0.489 e. The number of amides is 2. The van der Waals surface area contributed by atoms with Gasteiger partial charge in [-0.3, -0.25) is 9.59 Å². The molecule has 8 heteroatoms. The van der Waals surface area contributed by atoms with Crippen LogP contribution in [0.3, 0.4) is 0 Å². The highest BCUT2D eigenvalue weighted by Crippen LogP contribution is 2.17. The van der Waals surface area contributed by atoms with Gasteiger partial charge >= 0.3 is 0 Å². The molecule has 2 amide bonds. The highest BCUT2D eigenvalue weighted by molar-refractivity contribution is 7.89. The number of ether oxygens (including phenoxy) is 1. The van der Waals surface area contributed by atoms with Crippen molar-refractivity contribution in [1.29, 1.82) is 0 Å². The van der Waals surface area contributed by atoms with Gasteiger partial charge in [0.1, 0.15) is 12.4 Å². The predicted molar refractivity (Wildman–Crippen MR) is 132 cm³/mol. The van der Waals surface area contributed by atoms with Crippen LogP contribution in [0.25, 0.3) is 0 Å². The summed E-state index contributed by atoms with van der Waals surface area (Å²) in [5, 5.41) is 0. The zero-order valence-corrected chi connectivity index (χ0v) is 20.6. The minimum absolute atomic E-state index is 0.0607. The van der Waals surface area contributed by atoms with Gasteiger partial charge in [-0.1, -0.05) is 49.4 Å². The average Bonchev–Trinajstić information content (AvgIpc) is 3.24. The molecular formula is C26H34N2O5S. The number of sulfonamides is 1. The summed E-state index contributed by atoms with van der Waals surface area (Å²) in [7, 11) is -3.67. The minimum atomic E-state index is -3.67. The number of likely N-dealkylation sites (tertiary alicyclic amines) is 1. The topological polar surface area (TPSA) is 84.0 Å². The number of benzene rings is 2. The summed E-state index contributed by atoms with van der Waals surface area (Å²) in [6.07, 6.45) is 2.84. The summed E-state index contributed by atoms with van der Waals surface area (Å²) in [5.41, 5.74) is 2.02. The molecule has 2 aromatic carbocycles. The Morgan fingerprint density at radius 2 is 1.79 bits per heavy atom. The molecule has 0 unspecified atom stereocenters. The molecule has 3 rings (SSSR count). The molecule has 1 heterocycles. The van der Waals surface area contributed by atoms with Crippen LogP contribution in [0.15, 0.2) is 54.6 Å². The Morgan fingerprint density at radius 1 is 1.06 bits per heavy atom. The van der Waals surface area contributed by atoms with E-state index in [4.69, 9.17) is 4.74 Å². The maximum atomic E-state index is 12.9. The van der Waals surface area contributed by atoms with E-state index in [1.54, 1.807) is 11.8 Å². The lowest BCUT2D eigenvalue weighted by atomic mass is 10.1. The average molecular weight is 487 g/mol. The Balaban J connectivity index is 1.52. The molecule has 2 aromatic rings. The lowest BCUT2D eigenvalue weighted by Gasteiger charge is -2.24. The summed E-state index contributed by atoms with van der Waals surface area (Å²) in [6.45, 7) is 3.56. The SMILES string of the molecule is CCCS(=O)(=O)N(CCCN1CCCC1=O)C(=O)CCc1ccc(OCc2ccccc2)cc1. The lowest BCUT2D eigenvalue weighted by Crippen LogP contribution is -2.40. The molecule has 0 atom stereocenters. The molecule has 0 radical (unpaired) electrons. The maximum Gasteiger partial charge on any atom is 0.237 e. The molecule has 0 spiro atoms. The van der Waals surface area contributed by atoms with Crippen molar-refractivity contribution in [2.45, 2.75) is 52.1 Å². The fraction of sp³-hybridized carbons (Fsp3) is 0.462. The maximum absolute atomic E-state index is 12.9. The fourth-order valence-corrected chi connectivity index (χ4v) is 5.55. The molecule has 0 bridgehead atoms. The molecule has 0 saturated carbocycles. The molecule has 1 saturated heterocycles. The van der Waals surface area contributed by atoms with Gasteiger partial charge in [0.25, 0.3) is 0 Å². The third-order valence-electron chi connectivity index (χ3n) is 5.84. The smallest absolute Gasteiger partial charge is 0.237 e. The van der Waals surface area contributed by atoms with Crippen LogP contribution in [0.5, 0.6) is 5.75 Å². The van der Waals surface area contributed by atoms with Crippen molar-refractivity contribution in [3.63, 3.8) is 0 Å². The van der Waals surface area contributed by atoms with Crippen LogP contribution in [0.4, 0.5) is 0 Å². The van der Waals surface area contributed by atoms with Gasteiger partial charge in [-0.25, -0.2) is 12.7 Å². The van der Waals surface area contributed by atoms with E-state index >= 15 is 0 Å². The molecule has 184 valence electrons. The number of carbonyl (C=O) groups is 2. The van der Waals surface area contributed by atoms with Crippen molar-refractivity contribution in [2.75, 3.05) is 25.4 Å². The first-order valence-electron chi connectivity index (χ1n) is 12.0. The zero-order valence-electron chi connectivity index (χ0n) is 19.8. The summed E-state index contributed by atoms with van der Waals surface area (Å²) in [5.74, 6) is 0.382.